The molecule has 1 unspecified atom stereocenters. The molecule has 1 aromatic heterocycles. The van der Waals surface area contributed by atoms with Gasteiger partial charge in [0.25, 0.3) is 5.91 Å². The van der Waals surface area contributed by atoms with Crippen molar-refractivity contribution in [1.29, 1.82) is 0 Å². The van der Waals surface area contributed by atoms with Crippen molar-refractivity contribution in [3.8, 4) is 0 Å². The van der Waals surface area contributed by atoms with Gasteiger partial charge < -0.3 is 4.90 Å². The molecular weight excluding hydrogens is 360 g/mol. The van der Waals surface area contributed by atoms with Gasteiger partial charge in [-0.1, -0.05) is 36.8 Å². The molecule has 1 atom stereocenters. The van der Waals surface area contributed by atoms with E-state index >= 15 is 0 Å². The lowest BCUT2D eigenvalue weighted by Gasteiger charge is -2.40. The predicted octanol–water partition coefficient (Wildman–Crippen LogP) is 4.04. The van der Waals surface area contributed by atoms with Gasteiger partial charge in [0.1, 0.15) is 0 Å². The van der Waals surface area contributed by atoms with Crippen LogP contribution in [0.4, 0.5) is 0 Å². The van der Waals surface area contributed by atoms with Gasteiger partial charge in [0.15, 0.2) is 0 Å². The van der Waals surface area contributed by atoms with Crippen molar-refractivity contribution in [3.05, 3.63) is 52.8 Å². The van der Waals surface area contributed by atoms with Crippen LogP contribution in [-0.2, 0) is 13.1 Å². The smallest absolute Gasteiger partial charge is 0.257 e. The Balaban J connectivity index is 1.42. The summed E-state index contributed by atoms with van der Waals surface area (Å²) < 4.78 is 1.96. The van der Waals surface area contributed by atoms with Crippen LogP contribution < -0.4 is 0 Å². The topological polar surface area (TPSA) is 41.4 Å². The van der Waals surface area contributed by atoms with Crippen LogP contribution in [0, 0.1) is 19.3 Å². The Morgan fingerprint density at radius 2 is 2.03 bits per heavy atom. The first-order valence-electron chi connectivity index (χ1n) is 11.1. The van der Waals surface area contributed by atoms with Crippen molar-refractivity contribution in [3.63, 3.8) is 0 Å². The number of rotatable bonds is 5. The molecule has 29 heavy (non-hydrogen) atoms. The predicted molar refractivity (Wildman–Crippen MR) is 116 cm³/mol. The van der Waals surface area contributed by atoms with Crippen molar-refractivity contribution >= 4 is 5.91 Å². The molecule has 0 saturated carbocycles. The molecule has 2 fully saturated rings. The van der Waals surface area contributed by atoms with Gasteiger partial charge in [0, 0.05) is 43.8 Å². The molecule has 2 aliphatic rings. The number of hydrogen-bond donors (Lipinski definition) is 0. The molecule has 2 saturated heterocycles. The molecule has 5 nitrogen and oxygen atoms in total. The molecule has 0 N–H and O–H groups in total. The summed E-state index contributed by atoms with van der Waals surface area (Å²) in [5.74, 6) is 0.164. The van der Waals surface area contributed by atoms with Crippen LogP contribution in [0.3, 0.4) is 0 Å². The summed E-state index contributed by atoms with van der Waals surface area (Å²) in [5, 5.41) is 4.43. The number of piperidine rings is 1. The van der Waals surface area contributed by atoms with Gasteiger partial charge in [-0.3, -0.25) is 14.4 Å². The van der Waals surface area contributed by atoms with Crippen LogP contribution in [0.1, 0.15) is 59.8 Å². The van der Waals surface area contributed by atoms with Crippen molar-refractivity contribution in [1.82, 2.24) is 19.6 Å². The second-order valence-corrected chi connectivity index (χ2v) is 9.15. The first-order valence-corrected chi connectivity index (χ1v) is 11.1. The second kappa shape index (κ2) is 8.31. The van der Waals surface area contributed by atoms with E-state index in [1.165, 1.54) is 24.0 Å². The van der Waals surface area contributed by atoms with Crippen LogP contribution in [0.25, 0.3) is 0 Å². The lowest BCUT2D eigenvalue weighted by molar-refractivity contribution is 0.0674. The Morgan fingerprint density at radius 1 is 1.17 bits per heavy atom. The van der Waals surface area contributed by atoms with E-state index in [-0.39, 0.29) is 11.3 Å². The average Bonchev–Trinajstić information content (AvgIpc) is 3.26. The first-order chi connectivity index (χ1) is 14.0. The lowest BCUT2D eigenvalue weighted by atomic mass is 9.79. The summed E-state index contributed by atoms with van der Waals surface area (Å²) >= 11 is 0. The third kappa shape index (κ3) is 4.25. The fourth-order valence-electron chi connectivity index (χ4n) is 5.22. The summed E-state index contributed by atoms with van der Waals surface area (Å²) in [7, 11) is 0. The minimum absolute atomic E-state index is 0.164. The molecule has 156 valence electrons. The monoisotopic (exact) mass is 394 g/mol. The zero-order valence-corrected chi connectivity index (χ0v) is 18.2. The molecule has 0 bridgehead atoms. The number of aryl methyl sites for hydroxylation is 2. The van der Waals surface area contributed by atoms with Crippen molar-refractivity contribution in [2.45, 2.75) is 59.5 Å². The minimum atomic E-state index is 0.164. The van der Waals surface area contributed by atoms with E-state index in [1.54, 1.807) is 6.20 Å². The molecule has 0 radical (unpaired) electrons. The largest absolute Gasteiger partial charge is 0.338 e. The van der Waals surface area contributed by atoms with E-state index in [2.05, 4.69) is 53.0 Å². The van der Waals surface area contributed by atoms with Crippen LogP contribution >= 0.6 is 0 Å². The third-order valence-electron chi connectivity index (χ3n) is 6.72. The summed E-state index contributed by atoms with van der Waals surface area (Å²) in [4.78, 5) is 17.9. The quantitative estimate of drug-likeness (QED) is 0.769. The molecule has 5 heteroatoms. The highest BCUT2D eigenvalue weighted by Gasteiger charge is 2.43. The van der Waals surface area contributed by atoms with E-state index in [9.17, 15) is 4.79 Å². The van der Waals surface area contributed by atoms with Gasteiger partial charge in [-0.2, -0.15) is 5.10 Å². The Hall–Kier alpha value is -2.14. The maximum atomic E-state index is 13.2. The summed E-state index contributed by atoms with van der Waals surface area (Å²) in [6.07, 6.45) is 6.37. The van der Waals surface area contributed by atoms with Gasteiger partial charge in [-0.05, 0) is 51.6 Å². The zero-order valence-electron chi connectivity index (χ0n) is 18.2. The van der Waals surface area contributed by atoms with Gasteiger partial charge >= 0.3 is 0 Å². The van der Waals surface area contributed by atoms with Crippen LogP contribution in [-0.4, -0.2) is 51.7 Å². The Bertz CT molecular complexity index is 874. The van der Waals surface area contributed by atoms with Crippen LogP contribution in [0.15, 0.2) is 30.5 Å². The van der Waals surface area contributed by atoms with E-state index in [0.29, 0.717) is 0 Å². The molecular formula is C24H34N4O. The van der Waals surface area contributed by atoms with E-state index in [0.717, 1.165) is 63.4 Å². The minimum Gasteiger partial charge on any atom is -0.338 e. The SMILES string of the molecule is CCCn1ncc(C(=O)N2CCC3(CCCN(Cc4cccc(C)c4)C3)C2)c1C. The highest BCUT2D eigenvalue weighted by atomic mass is 16.2. The third-order valence-corrected chi connectivity index (χ3v) is 6.72. The molecule has 2 aliphatic heterocycles. The Morgan fingerprint density at radius 3 is 2.83 bits per heavy atom. The van der Waals surface area contributed by atoms with Crippen molar-refractivity contribution in [2.24, 2.45) is 5.41 Å². The summed E-state index contributed by atoms with van der Waals surface area (Å²) in [6.45, 7) is 12.2. The number of benzene rings is 1. The number of likely N-dealkylation sites (tertiary alicyclic amines) is 2. The highest BCUT2D eigenvalue weighted by Crippen LogP contribution is 2.40. The van der Waals surface area contributed by atoms with Gasteiger partial charge in [0.05, 0.1) is 11.8 Å². The molecule has 1 spiro atoms. The summed E-state index contributed by atoms with van der Waals surface area (Å²) in [5.41, 5.74) is 4.76. The maximum Gasteiger partial charge on any atom is 0.257 e. The van der Waals surface area contributed by atoms with Crippen LogP contribution in [0.5, 0.6) is 0 Å². The molecule has 3 heterocycles. The van der Waals surface area contributed by atoms with Crippen molar-refractivity contribution < 1.29 is 4.79 Å². The fourth-order valence-corrected chi connectivity index (χ4v) is 5.22. The molecule has 4 rings (SSSR count). The van der Waals surface area contributed by atoms with Crippen molar-refractivity contribution in [2.75, 3.05) is 26.2 Å². The van der Waals surface area contributed by atoms with Gasteiger partial charge in [-0.25, -0.2) is 0 Å². The standard InChI is InChI=1S/C24H34N4O/c1-4-11-28-20(3)22(15-25-28)23(29)27-13-10-24(18-27)9-6-12-26(17-24)16-21-8-5-7-19(2)14-21/h5,7-8,14-15H,4,6,9-13,16-18H2,1-3H3. The Kier molecular flexibility index (Phi) is 5.77. The van der Waals surface area contributed by atoms with Crippen LogP contribution in [0.2, 0.25) is 0 Å². The number of nitrogens with zero attached hydrogens (tertiary/aromatic N) is 4. The van der Waals surface area contributed by atoms with E-state index < -0.39 is 0 Å². The summed E-state index contributed by atoms with van der Waals surface area (Å²) in [6, 6.07) is 8.84. The molecule has 0 aliphatic carbocycles. The van der Waals surface area contributed by atoms with E-state index in [4.69, 9.17) is 0 Å². The van der Waals surface area contributed by atoms with Gasteiger partial charge in [0.2, 0.25) is 0 Å². The molecule has 1 amide bonds. The number of aromatic nitrogens is 2. The second-order valence-electron chi connectivity index (χ2n) is 9.15. The lowest BCUT2D eigenvalue weighted by Crippen LogP contribution is -2.45. The molecule has 2 aromatic rings. The number of amides is 1. The first kappa shape index (κ1) is 20.1. The Labute approximate surface area is 174 Å². The normalized spacial score (nSPS) is 22.5. The van der Waals surface area contributed by atoms with E-state index in [1.807, 2.05) is 11.6 Å². The average molecular weight is 395 g/mol. The number of hydrogen-bond acceptors (Lipinski definition) is 3. The fraction of sp³-hybridized carbons (Fsp3) is 0.583. The number of carbonyl (C=O) groups excluding carboxylic acids is 1. The van der Waals surface area contributed by atoms with Gasteiger partial charge in [-0.15, -0.1) is 0 Å². The zero-order chi connectivity index (χ0) is 20.4. The highest BCUT2D eigenvalue weighted by molar-refractivity contribution is 5.95. The number of carbonyl (C=O) groups is 1. The molecule has 1 aromatic carbocycles. The maximum absolute atomic E-state index is 13.2.